The molecule has 10 aliphatic rings. The number of aliphatic hydroxyl groups is 1. The fraction of sp³-hybridized carbons (Fsp3) is 0.693. The molecular weight excluding hydrogens is 1170 g/mol. The predicted molar refractivity (Wildman–Crippen MR) is 351 cm³/mol. The summed E-state index contributed by atoms with van der Waals surface area (Å²) in [5.41, 5.74) is 7.21. The number of ether oxygens (including phenoxy) is 6. The molecule has 498 valence electrons. The number of alkyl carbamates (subject to hydrolysis) is 2. The van der Waals surface area contributed by atoms with Crippen LogP contribution in [0.5, 0.6) is 0 Å². The van der Waals surface area contributed by atoms with Crippen LogP contribution in [0, 0.1) is 46.3 Å². The van der Waals surface area contributed by atoms with Crippen LogP contribution in [0.25, 0.3) is 0 Å². The van der Waals surface area contributed by atoms with Crippen molar-refractivity contribution >= 4 is 40.9 Å². The van der Waals surface area contributed by atoms with Crippen LogP contribution >= 0.6 is 11.6 Å². The topological polar surface area (TPSA) is 172 Å². The van der Waals surface area contributed by atoms with Gasteiger partial charge < -0.3 is 59.2 Å². The van der Waals surface area contributed by atoms with Crippen molar-refractivity contribution in [3.05, 3.63) is 106 Å². The summed E-state index contributed by atoms with van der Waals surface area (Å²) >= 11 is 7.47. The SMILES string of the molecule is C[C@@H]1CC[C@@H]2[C@@H](C)CC[C@@H]3[C@H](C)C(OC(=O)NCCCCCCN4/C(=C/C=C5\CCCC(/C=C/C6=[N+](CCCCCCNC(=O)OC7O[C@H]8O[C@H](C)CC[C@]9%10C[C@]9(C)CC[C@H]([C@@H]7C)[C@]8%10O[O-])c7ccccc7C6(C)C)=C5Cl)C(C)(C)c5ccccc54)O[C@@H](O1)[C@@]32O. The highest BCUT2D eigenvalue weighted by molar-refractivity contribution is 6.32. The van der Waals surface area contributed by atoms with E-state index in [0.717, 1.165) is 158 Å². The van der Waals surface area contributed by atoms with Gasteiger partial charge in [-0.3, -0.25) is 0 Å². The molecule has 0 radical (unpaired) electrons. The molecule has 3 N–H and O–H groups in total. The van der Waals surface area contributed by atoms with Crippen molar-refractivity contribution in [3.63, 3.8) is 0 Å². The van der Waals surface area contributed by atoms with Gasteiger partial charge in [0.1, 0.15) is 17.7 Å². The number of anilines is 1. The van der Waals surface area contributed by atoms with Crippen LogP contribution in [0.2, 0.25) is 0 Å². The molecule has 0 bridgehead atoms. The first-order valence-electron chi connectivity index (χ1n) is 35.2. The van der Waals surface area contributed by atoms with Gasteiger partial charge >= 0.3 is 12.2 Å². The largest absolute Gasteiger partial charge is 0.723 e. The van der Waals surface area contributed by atoms with E-state index in [2.05, 4.69) is 134 Å². The molecule has 0 aromatic heterocycles. The summed E-state index contributed by atoms with van der Waals surface area (Å²) in [6.45, 7) is 24.7. The molecule has 2 aromatic rings. The normalized spacial score (nSPS) is 37.7. The molecule has 12 rings (SSSR count). The predicted octanol–water partition coefficient (Wildman–Crippen LogP) is 14.7. The molecule has 15 nitrogen and oxygen atoms in total. The van der Waals surface area contributed by atoms with Crippen molar-refractivity contribution in [2.45, 2.75) is 257 Å². The molecule has 7 fully saturated rings. The van der Waals surface area contributed by atoms with Crippen LogP contribution < -0.4 is 20.8 Å². The Labute approximate surface area is 547 Å². The van der Waals surface area contributed by atoms with Gasteiger partial charge in [-0.1, -0.05) is 121 Å². The number of para-hydroxylation sites is 2. The molecular formula is C75H105ClN4O11. The van der Waals surface area contributed by atoms with E-state index in [1.165, 1.54) is 33.9 Å². The summed E-state index contributed by atoms with van der Waals surface area (Å²) in [5.74, 6) is -0.0652. The molecule has 4 aliphatic carbocycles. The van der Waals surface area contributed by atoms with Crippen LogP contribution in [-0.2, 0) is 44.1 Å². The van der Waals surface area contributed by atoms with Crippen molar-refractivity contribution in [2.24, 2.45) is 46.3 Å². The van der Waals surface area contributed by atoms with Crippen molar-refractivity contribution < 1.29 is 57.8 Å². The van der Waals surface area contributed by atoms with Crippen LogP contribution in [0.4, 0.5) is 21.0 Å². The number of hydrogen-bond acceptors (Lipinski definition) is 12. The molecule has 2 unspecified atom stereocenters. The maximum atomic E-state index is 13.3. The van der Waals surface area contributed by atoms with Crippen LogP contribution in [0.3, 0.4) is 0 Å². The van der Waals surface area contributed by atoms with Gasteiger partial charge in [-0.2, -0.15) is 4.58 Å². The maximum absolute atomic E-state index is 13.3. The first-order chi connectivity index (χ1) is 43.6. The number of nitrogens with zero attached hydrogens (tertiary/aromatic N) is 2. The van der Waals surface area contributed by atoms with Gasteiger partial charge in [-0.25, -0.2) is 9.59 Å². The van der Waals surface area contributed by atoms with Crippen LogP contribution in [-0.4, -0.2) is 102 Å². The molecule has 16 heteroatoms. The number of amides is 2. The number of fused-ring (bicyclic) bond motifs is 2. The third kappa shape index (κ3) is 12.0. The Kier molecular flexibility index (Phi) is 19.4. The monoisotopic (exact) mass is 1270 g/mol. The highest BCUT2D eigenvalue weighted by Gasteiger charge is 2.82. The minimum atomic E-state index is -1.09. The molecule has 91 heavy (non-hydrogen) atoms. The van der Waals surface area contributed by atoms with Crippen molar-refractivity contribution in [1.29, 1.82) is 0 Å². The molecule has 4 saturated heterocycles. The second-order valence-electron chi connectivity index (χ2n) is 30.6. The van der Waals surface area contributed by atoms with Gasteiger partial charge in [0.25, 0.3) is 0 Å². The quantitative estimate of drug-likeness (QED) is 0.0497. The molecule has 16 atom stereocenters. The van der Waals surface area contributed by atoms with Gasteiger partial charge in [0, 0.05) is 94.7 Å². The minimum absolute atomic E-state index is 0.0383. The molecule has 6 aliphatic heterocycles. The number of benzene rings is 2. The third-order valence-electron chi connectivity index (χ3n) is 24.5. The lowest BCUT2D eigenvalue weighted by atomic mass is 9.57. The summed E-state index contributed by atoms with van der Waals surface area (Å²) in [5, 5.41) is 31.9. The second kappa shape index (κ2) is 26.6. The Bertz CT molecular complexity index is 3170. The highest BCUT2D eigenvalue weighted by Crippen LogP contribution is 2.81. The summed E-state index contributed by atoms with van der Waals surface area (Å²) in [7, 11) is 0. The molecule has 6 heterocycles. The average molecular weight is 1270 g/mol. The molecule has 2 aromatic carbocycles. The summed E-state index contributed by atoms with van der Waals surface area (Å²) < 4.78 is 39.9. The number of carbonyl (C=O) groups excluding carboxylic acids is 2. The van der Waals surface area contributed by atoms with Crippen molar-refractivity contribution in [1.82, 2.24) is 10.6 Å². The zero-order valence-electron chi connectivity index (χ0n) is 56.1. The zero-order chi connectivity index (χ0) is 64.3. The van der Waals surface area contributed by atoms with Crippen LogP contribution in [0.1, 0.15) is 209 Å². The zero-order valence-corrected chi connectivity index (χ0v) is 56.9. The summed E-state index contributed by atoms with van der Waals surface area (Å²) in [6.07, 6.45) is 23.4. The van der Waals surface area contributed by atoms with E-state index in [9.17, 15) is 20.0 Å². The smallest absolute Gasteiger partial charge is 0.409 e. The second-order valence-corrected chi connectivity index (χ2v) is 31.0. The number of carbonyl (C=O) groups is 2. The van der Waals surface area contributed by atoms with E-state index < -0.39 is 48.5 Å². The standard InChI is InChI=1S/C75H105ClN4O11/c1-47-30-34-55-50(4)64(87-66-74(55,83)54(47)35-31-48(2)85-66)89-68(81)77-42-19-11-13-21-44-79-59-28-17-15-26-57(59)70(6,7)61(79)36-32-52-24-23-25-53(63(52)76)33-37-62-71(8,9)58-27-16-18-29-60(58)80(62)45-22-14-12-20-43-78-69(82)90-65-51(5)56-39-40-72(10)46-73(72)41-38-49(3)86-67(88-65)75(56,73)91-84/h15-18,26-29,32-33,36-37,47-51,54-56,64-67,83H,11-14,19-25,30-31,34-35,38-46H2,1-10H3,(H2-,77,78,81,82,84)/t47-,48+,49+,50-,51-,54+,55+,56+,64?,65?,66+,67+,72-,73-,74-,75-/m0/s1. The lowest BCUT2D eigenvalue weighted by Gasteiger charge is -2.60. The number of nitrogens with one attached hydrogen (secondary N) is 2. The Morgan fingerprint density at radius 3 is 2.07 bits per heavy atom. The number of allylic oxidation sites excluding steroid dienone is 8. The fourth-order valence-electron chi connectivity index (χ4n) is 19.1. The van der Waals surface area contributed by atoms with E-state index >= 15 is 0 Å². The molecule has 2 amide bonds. The Morgan fingerprint density at radius 1 is 0.692 bits per heavy atom. The first kappa shape index (κ1) is 66.4. The van der Waals surface area contributed by atoms with Gasteiger partial charge in [0.15, 0.2) is 18.3 Å². The minimum Gasteiger partial charge on any atom is -0.723 e. The number of unbranched alkanes of at least 4 members (excludes halogenated alkanes) is 6. The van der Waals surface area contributed by atoms with E-state index in [-0.39, 0.29) is 63.5 Å². The van der Waals surface area contributed by atoms with Gasteiger partial charge in [-0.15, -0.1) is 0 Å². The summed E-state index contributed by atoms with van der Waals surface area (Å²) in [4.78, 5) is 34.4. The number of rotatable bonds is 20. The fourth-order valence-corrected chi connectivity index (χ4v) is 19.4. The average Bonchev–Trinajstić information content (AvgIpc) is 1.48. The van der Waals surface area contributed by atoms with Gasteiger partial charge in [0.05, 0.1) is 17.6 Å². The molecule has 3 saturated carbocycles. The molecule has 1 spiro atoms. The van der Waals surface area contributed by atoms with Gasteiger partial charge in [0.2, 0.25) is 18.3 Å². The van der Waals surface area contributed by atoms with E-state index in [4.69, 9.17) is 44.9 Å². The first-order valence-corrected chi connectivity index (χ1v) is 35.6. The van der Waals surface area contributed by atoms with E-state index in [1.807, 2.05) is 27.7 Å². The Hall–Kier alpha value is -4.58. The highest BCUT2D eigenvalue weighted by atomic mass is 35.5. The van der Waals surface area contributed by atoms with Crippen LogP contribution in [0.15, 0.2) is 94.7 Å². The van der Waals surface area contributed by atoms with Gasteiger partial charge in [-0.05, 0) is 177 Å². The van der Waals surface area contributed by atoms with E-state index in [1.54, 1.807) is 0 Å². The summed E-state index contributed by atoms with van der Waals surface area (Å²) in [6, 6.07) is 17.6. The van der Waals surface area contributed by atoms with Crippen molar-refractivity contribution in [3.8, 4) is 0 Å². The lowest BCUT2D eigenvalue weighted by molar-refractivity contribution is -0.740. The van der Waals surface area contributed by atoms with E-state index in [0.29, 0.717) is 19.0 Å². The third-order valence-corrected chi connectivity index (χ3v) is 24.9. The Balaban J connectivity index is 0.628. The number of halogens is 1. The Morgan fingerprint density at radius 2 is 1.33 bits per heavy atom. The van der Waals surface area contributed by atoms with Crippen molar-refractivity contribution in [2.75, 3.05) is 31.1 Å². The lowest BCUT2D eigenvalue weighted by Crippen LogP contribution is -2.70. The maximum Gasteiger partial charge on any atom is 0.409 e. The number of hydrogen-bond donors (Lipinski definition) is 3.